The Bertz CT molecular complexity index is 612. The molecule has 0 saturated carbocycles. The zero-order valence-electron chi connectivity index (χ0n) is 11.5. The summed E-state index contributed by atoms with van der Waals surface area (Å²) in [7, 11) is 0. The third kappa shape index (κ3) is 2.89. The monoisotopic (exact) mass is 331 g/mol. The van der Waals surface area contributed by atoms with Crippen molar-refractivity contribution in [2.75, 3.05) is 6.61 Å². The van der Waals surface area contributed by atoms with Gasteiger partial charge in [0, 0.05) is 29.0 Å². The standard InChI is InChI=1S/C17H18BrNO/c1-12-4-2-3-5-13(12)11-19-16-8-9-20-17-7-6-14(18)10-15(16)17/h2-7,10,16,19H,8-9,11H2,1H3. The number of rotatable bonds is 3. The fourth-order valence-electron chi connectivity index (χ4n) is 2.62. The minimum absolute atomic E-state index is 0.357. The molecule has 2 nitrogen and oxygen atoms in total. The van der Waals surface area contributed by atoms with Gasteiger partial charge in [0.1, 0.15) is 5.75 Å². The zero-order valence-corrected chi connectivity index (χ0v) is 13.1. The summed E-state index contributed by atoms with van der Waals surface area (Å²) in [6.45, 7) is 3.83. The molecule has 3 rings (SSSR count). The molecule has 3 heteroatoms. The summed E-state index contributed by atoms with van der Waals surface area (Å²) in [4.78, 5) is 0. The average Bonchev–Trinajstić information content (AvgIpc) is 2.46. The average molecular weight is 332 g/mol. The topological polar surface area (TPSA) is 21.3 Å². The molecule has 0 amide bonds. The molecule has 2 aromatic rings. The van der Waals surface area contributed by atoms with Crippen LogP contribution in [0.4, 0.5) is 0 Å². The van der Waals surface area contributed by atoms with Crippen molar-refractivity contribution < 1.29 is 4.74 Å². The van der Waals surface area contributed by atoms with Gasteiger partial charge in [0.05, 0.1) is 6.61 Å². The van der Waals surface area contributed by atoms with Crippen LogP contribution in [-0.2, 0) is 6.54 Å². The first-order valence-corrected chi connectivity index (χ1v) is 7.73. The molecule has 104 valence electrons. The van der Waals surface area contributed by atoms with Crippen LogP contribution in [0.3, 0.4) is 0 Å². The molecule has 0 bridgehead atoms. The van der Waals surface area contributed by atoms with E-state index < -0.39 is 0 Å². The van der Waals surface area contributed by atoms with E-state index in [9.17, 15) is 0 Å². The van der Waals surface area contributed by atoms with Crippen molar-refractivity contribution in [1.82, 2.24) is 5.32 Å². The summed E-state index contributed by atoms with van der Waals surface area (Å²) in [5, 5.41) is 3.66. The number of hydrogen-bond donors (Lipinski definition) is 1. The predicted molar refractivity (Wildman–Crippen MR) is 85.0 cm³/mol. The second-order valence-electron chi connectivity index (χ2n) is 5.18. The first-order chi connectivity index (χ1) is 9.74. The molecule has 1 aliphatic heterocycles. The fraction of sp³-hybridized carbons (Fsp3) is 0.294. The Kier molecular flexibility index (Phi) is 4.08. The number of halogens is 1. The number of benzene rings is 2. The third-order valence-corrected chi connectivity index (χ3v) is 4.30. The second kappa shape index (κ2) is 5.98. The maximum atomic E-state index is 5.72. The first kappa shape index (κ1) is 13.7. The molecule has 1 heterocycles. The van der Waals surface area contributed by atoms with E-state index in [-0.39, 0.29) is 0 Å². The van der Waals surface area contributed by atoms with Crippen LogP contribution >= 0.6 is 15.9 Å². The highest BCUT2D eigenvalue weighted by molar-refractivity contribution is 9.10. The molecule has 0 spiro atoms. The molecular weight excluding hydrogens is 314 g/mol. The Hall–Kier alpha value is -1.32. The molecule has 1 atom stereocenters. The van der Waals surface area contributed by atoms with Crippen molar-refractivity contribution in [1.29, 1.82) is 0 Å². The molecule has 0 radical (unpaired) electrons. The summed E-state index contributed by atoms with van der Waals surface area (Å²) in [6.07, 6.45) is 1.01. The molecule has 1 aliphatic rings. The van der Waals surface area contributed by atoms with Gasteiger partial charge in [0.2, 0.25) is 0 Å². The molecular formula is C17H18BrNO. The Labute approximate surface area is 128 Å². The lowest BCUT2D eigenvalue weighted by Gasteiger charge is -2.27. The summed E-state index contributed by atoms with van der Waals surface area (Å²) in [5.41, 5.74) is 3.94. The van der Waals surface area contributed by atoms with Gasteiger partial charge in [0.25, 0.3) is 0 Å². The molecule has 0 saturated heterocycles. The molecule has 1 N–H and O–H groups in total. The maximum absolute atomic E-state index is 5.72. The lowest BCUT2D eigenvalue weighted by molar-refractivity contribution is 0.252. The van der Waals surface area contributed by atoms with Crippen molar-refractivity contribution in [2.24, 2.45) is 0 Å². The summed E-state index contributed by atoms with van der Waals surface area (Å²) < 4.78 is 6.82. The van der Waals surface area contributed by atoms with Crippen molar-refractivity contribution in [3.8, 4) is 5.75 Å². The largest absolute Gasteiger partial charge is 0.493 e. The highest BCUT2D eigenvalue weighted by Crippen LogP contribution is 2.34. The van der Waals surface area contributed by atoms with Crippen molar-refractivity contribution in [3.63, 3.8) is 0 Å². The number of nitrogens with one attached hydrogen (secondary N) is 1. The number of fused-ring (bicyclic) bond motifs is 1. The smallest absolute Gasteiger partial charge is 0.124 e. The molecule has 2 aromatic carbocycles. The van der Waals surface area contributed by atoms with E-state index in [1.165, 1.54) is 16.7 Å². The highest BCUT2D eigenvalue weighted by atomic mass is 79.9. The highest BCUT2D eigenvalue weighted by Gasteiger charge is 2.21. The Balaban J connectivity index is 1.77. The van der Waals surface area contributed by atoms with Crippen LogP contribution in [0.2, 0.25) is 0 Å². The van der Waals surface area contributed by atoms with Gasteiger partial charge in [-0.05, 0) is 36.2 Å². The number of hydrogen-bond acceptors (Lipinski definition) is 2. The van der Waals surface area contributed by atoms with E-state index in [2.05, 4.69) is 58.5 Å². The van der Waals surface area contributed by atoms with E-state index in [0.29, 0.717) is 6.04 Å². The van der Waals surface area contributed by atoms with Gasteiger partial charge >= 0.3 is 0 Å². The summed E-state index contributed by atoms with van der Waals surface area (Å²) >= 11 is 3.54. The Morgan fingerprint density at radius 3 is 2.95 bits per heavy atom. The SMILES string of the molecule is Cc1ccccc1CNC1CCOc2ccc(Br)cc21. The van der Waals surface area contributed by atoms with Crippen LogP contribution < -0.4 is 10.1 Å². The number of ether oxygens (including phenoxy) is 1. The van der Waals surface area contributed by atoms with Gasteiger partial charge in [-0.15, -0.1) is 0 Å². The zero-order chi connectivity index (χ0) is 13.9. The van der Waals surface area contributed by atoms with Crippen molar-refractivity contribution in [2.45, 2.75) is 25.9 Å². The predicted octanol–water partition coefficient (Wildman–Crippen LogP) is 4.37. The van der Waals surface area contributed by atoms with Crippen LogP contribution in [0, 0.1) is 6.92 Å². The quantitative estimate of drug-likeness (QED) is 0.901. The first-order valence-electron chi connectivity index (χ1n) is 6.94. The molecule has 0 fully saturated rings. The van der Waals surface area contributed by atoms with Crippen molar-refractivity contribution in [3.05, 3.63) is 63.6 Å². The van der Waals surface area contributed by atoms with E-state index in [1.54, 1.807) is 0 Å². The van der Waals surface area contributed by atoms with Gasteiger partial charge in [-0.1, -0.05) is 40.2 Å². The lowest BCUT2D eigenvalue weighted by atomic mass is 10.00. The Morgan fingerprint density at radius 1 is 1.25 bits per heavy atom. The van der Waals surface area contributed by atoms with E-state index in [1.807, 2.05) is 12.1 Å². The third-order valence-electron chi connectivity index (χ3n) is 3.81. The van der Waals surface area contributed by atoms with Crippen molar-refractivity contribution >= 4 is 15.9 Å². The Morgan fingerprint density at radius 2 is 2.10 bits per heavy atom. The summed E-state index contributed by atoms with van der Waals surface area (Å²) in [6, 6.07) is 15.1. The normalized spacial score (nSPS) is 17.4. The van der Waals surface area contributed by atoms with E-state index >= 15 is 0 Å². The van der Waals surface area contributed by atoms with Crippen LogP contribution in [0.1, 0.15) is 29.2 Å². The van der Waals surface area contributed by atoms with Gasteiger partial charge < -0.3 is 10.1 Å². The van der Waals surface area contributed by atoms with Gasteiger partial charge in [-0.2, -0.15) is 0 Å². The lowest BCUT2D eigenvalue weighted by Crippen LogP contribution is -2.27. The molecule has 0 aromatic heterocycles. The maximum Gasteiger partial charge on any atom is 0.124 e. The summed E-state index contributed by atoms with van der Waals surface area (Å²) in [5.74, 6) is 1.00. The fourth-order valence-corrected chi connectivity index (χ4v) is 3.00. The van der Waals surface area contributed by atoms with E-state index in [0.717, 1.165) is 29.8 Å². The molecule has 20 heavy (non-hydrogen) atoms. The van der Waals surface area contributed by atoms with Gasteiger partial charge in [-0.3, -0.25) is 0 Å². The second-order valence-corrected chi connectivity index (χ2v) is 6.09. The van der Waals surface area contributed by atoms with Gasteiger partial charge in [-0.25, -0.2) is 0 Å². The minimum Gasteiger partial charge on any atom is -0.493 e. The molecule has 1 unspecified atom stereocenters. The van der Waals surface area contributed by atoms with E-state index in [4.69, 9.17) is 4.74 Å². The van der Waals surface area contributed by atoms with Gasteiger partial charge in [0.15, 0.2) is 0 Å². The minimum atomic E-state index is 0.357. The van der Waals surface area contributed by atoms with Crippen LogP contribution in [0.25, 0.3) is 0 Å². The van der Waals surface area contributed by atoms with Crippen LogP contribution in [-0.4, -0.2) is 6.61 Å². The number of aryl methyl sites for hydroxylation is 1. The van der Waals surface area contributed by atoms with Crippen LogP contribution in [0.15, 0.2) is 46.9 Å². The van der Waals surface area contributed by atoms with Crippen LogP contribution in [0.5, 0.6) is 5.75 Å². The molecule has 0 aliphatic carbocycles.